The Balaban J connectivity index is 1.39. The highest BCUT2D eigenvalue weighted by atomic mass is 16.8. The Bertz CT molecular complexity index is 1850. The molecule has 236 valence electrons. The number of ether oxygens (including phenoxy) is 4. The number of rotatable bonds is 4. The average Bonchev–Trinajstić information content (AvgIpc) is 3.68. The van der Waals surface area contributed by atoms with E-state index in [9.17, 15) is 40.5 Å². The van der Waals surface area contributed by atoms with Gasteiger partial charge in [-0.15, -0.1) is 0 Å². The van der Waals surface area contributed by atoms with E-state index in [1.807, 2.05) is 0 Å². The standard InChI is InChI=1S/C34H28O12/c35-18-5-1-15(2-6-18)29-26(17-9-20(37)11-21(38)10-17)27-23(12-22(39)13-25(27)44-29)28-30(16-3-7-19(36)8-4-16)46-34-31(24(40)14-43-34)45-32(41)33(28,34)42/h1-13,24,26,28-31,35-40,42H,14H2/t24-,26+,28-,29-,30-,31+,33+,34?/m0/s1. The fraction of sp³-hybridized carbons (Fsp3) is 0.265. The van der Waals surface area contributed by atoms with Gasteiger partial charge >= 0.3 is 5.97 Å². The molecule has 8 atom stereocenters. The number of aromatic hydroxyl groups is 5. The van der Waals surface area contributed by atoms with Gasteiger partial charge in [0.25, 0.3) is 5.79 Å². The Morgan fingerprint density at radius 3 is 1.89 bits per heavy atom. The zero-order valence-corrected chi connectivity index (χ0v) is 23.8. The predicted octanol–water partition coefficient (Wildman–Crippen LogP) is 3.08. The van der Waals surface area contributed by atoms with Crippen molar-refractivity contribution in [3.8, 4) is 34.5 Å². The van der Waals surface area contributed by atoms with E-state index in [2.05, 4.69) is 0 Å². The summed E-state index contributed by atoms with van der Waals surface area (Å²) in [5.74, 6) is -5.92. The van der Waals surface area contributed by atoms with Crippen molar-refractivity contribution in [2.45, 2.75) is 47.6 Å². The van der Waals surface area contributed by atoms with Crippen LogP contribution < -0.4 is 4.74 Å². The van der Waals surface area contributed by atoms with Gasteiger partial charge in [-0.2, -0.15) is 0 Å². The number of esters is 1. The summed E-state index contributed by atoms with van der Waals surface area (Å²) in [6.07, 6.45) is -4.62. The van der Waals surface area contributed by atoms with Crippen LogP contribution in [-0.2, 0) is 19.0 Å². The smallest absolute Gasteiger partial charge is 0.345 e. The van der Waals surface area contributed by atoms with Crippen LogP contribution in [0, 0.1) is 0 Å². The molecule has 12 nitrogen and oxygen atoms in total. The summed E-state index contributed by atoms with van der Waals surface area (Å²) < 4.78 is 24.3. The van der Waals surface area contributed by atoms with Crippen molar-refractivity contribution in [1.29, 1.82) is 0 Å². The Kier molecular flexibility index (Phi) is 6.03. The molecule has 8 rings (SSSR count). The monoisotopic (exact) mass is 628 g/mol. The van der Waals surface area contributed by atoms with Crippen molar-refractivity contribution in [1.82, 2.24) is 0 Å². The Morgan fingerprint density at radius 2 is 1.26 bits per heavy atom. The van der Waals surface area contributed by atoms with Crippen LogP contribution >= 0.6 is 0 Å². The lowest BCUT2D eigenvalue weighted by Gasteiger charge is -2.32. The van der Waals surface area contributed by atoms with E-state index in [4.69, 9.17) is 18.9 Å². The number of phenolic OH excluding ortho intramolecular Hbond substituents is 5. The zero-order valence-electron chi connectivity index (χ0n) is 23.8. The minimum absolute atomic E-state index is 0.0181. The second-order valence-electron chi connectivity index (χ2n) is 12.1. The molecule has 3 fully saturated rings. The first kappa shape index (κ1) is 28.5. The molecule has 0 bridgehead atoms. The molecule has 3 saturated heterocycles. The van der Waals surface area contributed by atoms with Crippen molar-refractivity contribution < 1.29 is 59.5 Å². The minimum atomic E-state index is -2.54. The third kappa shape index (κ3) is 3.84. The van der Waals surface area contributed by atoms with Crippen LogP contribution in [-0.4, -0.2) is 71.9 Å². The number of phenols is 5. The molecule has 0 aromatic heterocycles. The van der Waals surface area contributed by atoms with Crippen molar-refractivity contribution >= 4 is 5.97 Å². The topological polar surface area (TPSA) is 196 Å². The number of carbonyl (C=O) groups excluding carboxylic acids is 1. The highest BCUT2D eigenvalue weighted by Gasteiger charge is 2.83. The van der Waals surface area contributed by atoms with Crippen LogP contribution in [0.3, 0.4) is 0 Å². The molecule has 4 aromatic rings. The third-order valence-electron chi connectivity index (χ3n) is 9.41. The molecule has 4 aliphatic rings. The third-order valence-corrected chi connectivity index (χ3v) is 9.41. The van der Waals surface area contributed by atoms with E-state index in [0.29, 0.717) is 22.3 Å². The number of aliphatic hydroxyl groups is 2. The lowest BCUT2D eigenvalue weighted by molar-refractivity contribution is -0.259. The molecule has 4 aliphatic heterocycles. The van der Waals surface area contributed by atoms with Gasteiger partial charge in [0, 0.05) is 17.7 Å². The van der Waals surface area contributed by atoms with Gasteiger partial charge < -0.3 is 54.7 Å². The highest BCUT2D eigenvalue weighted by Crippen LogP contribution is 2.66. The van der Waals surface area contributed by atoms with Crippen LogP contribution in [0.5, 0.6) is 34.5 Å². The molecular formula is C34H28O12. The summed E-state index contributed by atoms with van der Waals surface area (Å²) in [7, 11) is 0. The van der Waals surface area contributed by atoms with Crippen LogP contribution in [0.2, 0.25) is 0 Å². The van der Waals surface area contributed by atoms with Crippen LogP contribution in [0.25, 0.3) is 0 Å². The first-order valence-electron chi connectivity index (χ1n) is 14.6. The maximum absolute atomic E-state index is 13.7. The second-order valence-corrected chi connectivity index (χ2v) is 12.1. The molecule has 0 aliphatic carbocycles. The molecule has 46 heavy (non-hydrogen) atoms. The predicted molar refractivity (Wildman–Crippen MR) is 155 cm³/mol. The molecule has 4 heterocycles. The van der Waals surface area contributed by atoms with E-state index in [1.54, 1.807) is 24.3 Å². The normalized spacial score (nSPS) is 32.4. The Hall–Kier alpha value is -5.01. The molecule has 12 heteroatoms. The molecule has 4 aromatic carbocycles. The van der Waals surface area contributed by atoms with Crippen LogP contribution in [0.4, 0.5) is 0 Å². The fourth-order valence-corrected chi connectivity index (χ4v) is 7.53. The van der Waals surface area contributed by atoms with Gasteiger partial charge in [-0.1, -0.05) is 24.3 Å². The fourth-order valence-electron chi connectivity index (χ4n) is 7.53. The summed E-state index contributed by atoms with van der Waals surface area (Å²) in [5.41, 5.74) is -0.483. The lowest BCUT2D eigenvalue weighted by atomic mass is 9.71. The van der Waals surface area contributed by atoms with Gasteiger partial charge in [0.2, 0.25) is 5.60 Å². The van der Waals surface area contributed by atoms with E-state index in [-0.39, 0.29) is 46.7 Å². The van der Waals surface area contributed by atoms with Crippen LogP contribution in [0.15, 0.2) is 78.9 Å². The molecular weight excluding hydrogens is 600 g/mol. The minimum Gasteiger partial charge on any atom is -0.508 e. The Morgan fingerprint density at radius 1 is 0.674 bits per heavy atom. The van der Waals surface area contributed by atoms with Crippen molar-refractivity contribution in [2.24, 2.45) is 0 Å². The second kappa shape index (κ2) is 9.74. The van der Waals surface area contributed by atoms with Gasteiger partial charge in [-0.3, -0.25) is 0 Å². The molecule has 7 N–H and O–H groups in total. The molecule has 0 amide bonds. The number of aliphatic hydroxyl groups excluding tert-OH is 1. The van der Waals surface area contributed by atoms with E-state index >= 15 is 0 Å². The van der Waals surface area contributed by atoms with Crippen molar-refractivity contribution in [3.05, 3.63) is 107 Å². The largest absolute Gasteiger partial charge is 0.508 e. The van der Waals surface area contributed by atoms with E-state index < -0.39 is 53.6 Å². The maximum atomic E-state index is 13.7. The van der Waals surface area contributed by atoms with E-state index in [0.717, 1.165) is 0 Å². The van der Waals surface area contributed by atoms with Crippen LogP contribution in [0.1, 0.15) is 51.9 Å². The summed E-state index contributed by atoms with van der Waals surface area (Å²) in [4.78, 5) is 13.7. The van der Waals surface area contributed by atoms with Gasteiger partial charge in [0.15, 0.2) is 6.10 Å². The summed E-state index contributed by atoms with van der Waals surface area (Å²) in [6.45, 7) is -0.287. The highest BCUT2D eigenvalue weighted by molar-refractivity contribution is 5.87. The Labute approximate surface area is 260 Å². The van der Waals surface area contributed by atoms with Gasteiger partial charge in [-0.05, 0) is 64.7 Å². The zero-order chi connectivity index (χ0) is 32.1. The summed E-state index contributed by atoms with van der Waals surface area (Å²) in [5, 5.41) is 75.3. The first-order valence-corrected chi connectivity index (χ1v) is 14.6. The first-order chi connectivity index (χ1) is 22.0. The number of benzene rings is 4. The maximum Gasteiger partial charge on any atom is 0.345 e. The van der Waals surface area contributed by atoms with Gasteiger partial charge in [0.1, 0.15) is 46.7 Å². The summed E-state index contributed by atoms with van der Waals surface area (Å²) in [6, 6.07) is 19.0. The quantitative estimate of drug-likeness (QED) is 0.164. The molecule has 1 unspecified atom stereocenters. The molecule has 1 spiro atoms. The molecule has 0 radical (unpaired) electrons. The lowest BCUT2D eigenvalue weighted by Crippen LogP contribution is -2.57. The number of hydrogen-bond donors (Lipinski definition) is 7. The number of carbonyl (C=O) groups is 1. The van der Waals surface area contributed by atoms with Gasteiger partial charge in [0.05, 0.1) is 24.5 Å². The molecule has 0 saturated carbocycles. The van der Waals surface area contributed by atoms with Gasteiger partial charge in [-0.25, -0.2) is 4.79 Å². The average molecular weight is 629 g/mol. The van der Waals surface area contributed by atoms with Crippen molar-refractivity contribution in [2.75, 3.05) is 6.61 Å². The summed E-state index contributed by atoms with van der Waals surface area (Å²) >= 11 is 0. The SMILES string of the molecule is O=C1O[C@@H]2[C@@H](O)COC23O[C@@H](c2ccc(O)cc2)[C@H](c2cc(O)cc4c2[C@@H](c2cc(O)cc(O)c2)[C@H](c2ccc(O)cc2)O4)[C@@]13O. The van der Waals surface area contributed by atoms with E-state index in [1.165, 1.54) is 54.6 Å². The van der Waals surface area contributed by atoms with Crippen molar-refractivity contribution in [3.63, 3.8) is 0 Å². The number of hydrogen-bond acceptors (Lipinski definition) is 12. The number of fused-ring (bicyclic) bond motifs is 1.